The van der Waals surface area contributed by atoms with E-state index in [0.29, 0.717) is 22.5 Å². The van der Waals surface area contributed by atoms with Gasteiger partial charge in [-0.25, -0.2) is 4.98 Å². The van der Waals surface area contributed by atoms with Gasteiger partial charge in [0, 0.05) is 20.9 Å². The molecule has 1 amide bonds. The molecule has 0 fully saturated rings. The first-order valence-corrected chi connectivity index (χ1v) is 11.7. The zero-order valence-electron chi connectivity index (χ0n) is 16.1. The molecule has 3 aromatic carbocycles. The molecule has 0 radical (unpaired) electrons. The fraction of sp³-hybridized carbons (Fsp3) is 0.0833. The molecule has 0 spiro atoms. The van der Waals surface area contributed by atoms with Gasteiger partial charge in [-0.05, 0) is 29.8 Å². The Kier molecular flexibility index (Phi) is 6.84. The first kappa shape index (κ1) is 20.7. The summed E-state index contributed by atoms with van der Waals surface area (Å²) < 4.78 is 0. The smallest absolute Gasteiger partial charge is 0.239 e. The summed E-state index contributed by atoms with van der Waals surface area (Å²) in [6.07, 6.45) is 0. The Balaban J connectivity index is 1.57. The fourth-order valence-corrected chi connectivity index (χ4v) is 4.68. The largest absolute Gasteiger partial charge is 0.283 e. The van der Waals surface area contributed by atoms with E-state index in [1.807, 2.05) is 90.3 Å². The average molecular weight is 451 g/mol. The maximum atomic E-state index is 13.2. The van der Waals surface area contributed by atoms with E-state index in [9.17, 15) is 4.79 Å². The molecule has 0 aliphatic carbocycles. The second-order valence-electron chi connectivity index (χ2n) is 6.59. The van der Waals surface area contributed by atoms with Crippen molar-refractivity contribution in [2.75, 3.05) is 10.7 Å². The van der Waals surface area contributed by atoms with Crippen LogP contribution in [0.3, 0.4) is 0 Å². The van der Waals surface area contributed by atoms with Crippen molar-refractivity contribution in [1.82, 2.24) is 4.98 Å². The van der Waals surface area contributed by atoms with Gasteiger partial charge in [0.05, 0.1) is 18.0 Å². The minimum absolute atomic E-state index is 0.0321. The topological polar surface area (TPSA) is 33.2 Å². The molecule has 0 bridgehead atoms. The van der Waals surface area contributed by atoms with E-state index >= 15 is 0 Å². The summed E-state index contributed by atoms with van der Waals surface area (Å²) in [5, 5.41) is 3.37. The summed E-state index contributed by atoms with van der Waals surface area (Å²) >= 11 is 9.01. The number of hydrogen-bond donors (Lipinski definition) is 0. The number of anilines is 1. The van der Waals surface area contributed by atoms with Crippen LogP contribution in [-0.4, -0.2) is 16.6 Å². The average Bonchev–Trinajstić information content (AvgIpc) is 3.27. The van der Waals surface area contributed by atoms with Crippen molar-refractivity contribution in [3.05, 3.63) is 101 Å². The number of halogens is 1. The molecule has 1 heterocycles. The number of hydrogen-bond acceptors (Lipinski definition) is 4. The SMILES string of the molecule is O=C(CSc1ccccc1)N(Cc1ccccc1)c1nc(-c2ccc(Cl)cc2)cs1. The molecule has 3 nitrogen and oxygen atoms in total. The number of thioether (sulfide) groups is 1. The number of carbonyl (C=O) groups is 1. The Morgan fingerprint density at radius 1 is 0.933 bits per heavy atom. The van der Waals surface area contributed by atoms with E-state index in [1.54, 1.807) is 4.90 Å². The van der Waals surface area contributed by atoms with E-state index in [0.717, 1.165) is 21.7 Å². The molecule has 4 rings (SSSR count). The molecular formula is C24H19ClN2OS2. The Morgan fingerprint density at radius 3 is 2.30 bits per heavy atom. The highest BCUT2D eigenvalue weighted by Gasteiger charge is 2.20. The number of benzene rings is 3. The van der Waals surface area contributed by atoms with Crippen molar-refractivity contribution in [2.24, 2.45) is 0 Å². The van der Waals surface area contributed by atoms with Crippen molar-refractivity contribution >= 4 is 45.7 Å². The van der Waals surface area contributed by atoms with Crippen molar-refractivity contribution < 1.29 is 4.79 Å². The third kappa shape index (κ3) is 5.30. The van der Waals surface area contributed by atoms with Gasteiger partial charge in [-0.15, -0.1) is 23.1 Å². The number of aromatic nitrogens is 1. The lowest BCUT2D eigenvalue weighted by Crippen LogP contribution is -2.31. The Morgan fingerprint density at radius 2 is 1.60 bits per heavy atom. The predicted octanol–water partition coefficient (Wildman–Crippen LogP) is 6.79. The Bertz CT molecular complexity index is 1100. The van der Waals surface area contributed by atoms with Gasteiger partial charge in [0.1, 0.15) is 0 Å². The maximum Gasteiger partial charge on any atom is 0.239 e. The molecule has 0 aliphatic heterocycles. The van der Waals surface area contributed by atoms with E-state index in [1.165, 1.54) is 23.1 Å². The number of carbonyl (C=O) groups excluding carboxylic acids is 1. The van der Waals surface area contributed by atoms with Crippen LogP contribution in [0.4, 0.5) is 5.13 Å². The van der Waals surface area contributed by atoms with Gasteiger partial charge in [0.25, 0.3) is 0 Å². The first-order chi connectivity index (χ1) is 14.7. The highest BCUT2D eigenvalue weighted by molar-refractivity contribution is 8.00. The fourth-order valence-electron chi connectivity index (χ4n) is 2.91. The molecule has 0 N–H and O–H groups in total. The van der Waals surface area contributed by atoms with Crippen molar-refractivity contribution in [3.63, 3.8) is 0 Å². The molecule has 30 heavy (non-hydrogen) atoms. The summed E-state index contributed by atoms with van der Waals surface area (Å²) in [4.78, 5) is 20.8. The molecule has 0 atom stereocenters. The molecule has 150 valence electrons. The van der Waals surface area contributed by atoms with E-state index in [2.05, 4.69) is 0 Å². The Labute approximate surface area is 189 Å². The molecule has 0 saturated heterocycles. The maximum absolute atomic E-state index is 13.2. The molecule has 0 unspecified atom stereocenters. The Hall–Kier alpha value is -2.60. The quantitative estimate of drug-likeness (QED) is 0.290. The predicted molar refractivity (Wildman–Crippen MR) is 127 cm³/mol. The van der Waals surface area contributed by atoms with Gasteiger partial charge in [0.15, 0.2) is 5.13 Å². The highest BCUT2D eigenvalue weighted by Crippen LogP contribution is 2.30. The van der Waals surface area contributed by atoms with Gasteiger partial charge < -0.3 is 0 Å². The molecule has 1 aromatic heterocycles. The number of rotatable bonds is 7. The summed E-state index contributed by atoms with van der Waals surface area (Å²) in [5.74, 6) is 0.386. The molecule has 0 aliphatic rings. The van der Waals surface area contributed by atoms with Crippen molar-refractivity contribution in [2.45, 2.75) is 11.4 Å². The van der Waals surface area contributed by atoms with Gasteiger partial charge in [0.2, 0.25) is 5.91 Å². The van der Waals surface area contributed by atoms with Crippen LogP contribution >= 0.6 is 34.7 Å². The van der Waals surface area contributed by atoms with Gasteiger partial charge in [-0.3, -0.25) is 9.69 Å². The van der Waals surface area contributed by atoms with Crippen LogP contribution in [0.5, 0.6) is 0 Å². The summed E-state index contributed by atoms with van der Waals surface area (Å²) in [5.41, 5.74) is 2.89. The van der Waals surface area contributed by atoms with E-state index in [4.69, 9.17) is 16.6 Å². The summed E-state index contributed by atoms with van der Waals surface area (Å²) in [6.45, 7) is 0.489. The van der Waals surface area contributed by atoms with Gasteiger partial charge >= 0.3 is 0 Å². The third-order valence-electron chi connectivity index (χ3n) is 4.45. The highest BCUT2D eigenvalue weighted by atomic mass is 35.5. The second kappa shape index (κ2) is 9.94. The van der Waals surface area contributed by atoms with Crippen molar-refractivity contribution in [1.29, 1.82) is 0 Å². The van der Waals surface area contributed by atoms with Gasteiger partial charge in [-0.2, -0.15) is 0 Å². The normalized spacial score (nSPS) is 10.7. The van der Waals surface area contributed by atoms with Gasteiger partial charge in [-0.1, -0.05) is 72.3 Å². The minimum Gasteiger partial charge on any atom is -0.283 e. The zero-order chi connectivity index (χ0) is 20.8. The van der Waals surface area contributed by atoms with Crippen LogP contribution in [0.2, 0.25) is 5.02 Å². The van der Waals surface area contributed by atoms with Crippen LogP contribution in [0.1, 0.15) is 5.56 Å². The van der Waals surface area contributed by atoms with Crippen LogP contribution in [-0.2, 0) is 11.3 Å². The van der Waals surface area contributed by atoms with E-state index in [-0.39, 0.29) is 5.91 Å². The standard InChI is InChI=1S/C24H19ClN2OS2/c25-20-13-11-19(12-14-20)22-16-30-24(26-22)27(15-18-7-3-1-4-8-18)23(28)17-29-21-9-5-2-6-10-21/h1-14,16H,15,17H2. The number of nitrogens with zero attached hydrogens (tertiary/aromatic N) is 2. The van der Waals surface area contributed by atoms with Crippen LogP contribution < -0.4 is 4.90 Å². The lowest BCUT2D eigenvalue weighted by molar-refractivity contribution is -0.116. The molecule has 4 aromatic rings. The first-order valence-electron chi connectivity index (χ1n) is 9.42. The lowest BCUT2D eigenvalue weighted by Gasteiger charge is -2.20. The molecular weight excluding hydrogens is 432 g/mol. The monoisotopic (exact) mass is 450 g/mol. The van der Waals surface area contributed by atoms with Crippen LogP contribution in [0, 0.1) is 0 Å². The lowest BCUT2D eigenvalue weighted by atomic mass is 10.2. The number of thiazole rings is 1. The summed E-state index contributed by atoms with van der Waals surface area (Å²) in [6, 6.07) is 27.5. The number of amides is 1. The second-order valence-corrected chi connectivity index (χ2v) is 8.91. The molecule has 6 heteroatoms. The third-order valence-corrected chi connectivity index (χ3v) is 6.57. The molecule has 0 saturated carbocycles. The summed E-state index contributed by atoms with van der Waals surface area (Å²) in [7, 11) is 0. The van der Waals surface area contributed by atoms with Crippen molar-refractivity contribution in [3.8, 4) is 11.3 Å². The zero-order valence-corrected chi connectivity index (χ0v) is 18.5. The minimum atomic E-state index is 0.0321. The van der Waals surface area contributed by atoms with E-state index < -0.39 is 0 Å². The van der Waals surface area contributed by atoms with Crippen LogP contribution in [0.25, 0.3) is 11.3 Å². The van der Waals surface area contributed by atoms with Crippen LogP contribution in [0.15, 0.2) is 95.2 Å².